The summed E-state index contributed by atoms with van der Waals surface area (Å²) < 4.78 is 5.79. The number of carbonyl (C=O) groups excluding carboxylic acids is 1. The molecular formula is C20H28ClN3O2. The second kappa shape index (κ2) is 7.75. The van der Waals surface area contributed by atoms with Gasteiger partial charge in [0.05, 0.1) is 6.54 Å². The van der Waals surface area contributed by atoms with Crippen molar-refractivity contribution in [1.82, 2.24) is 9.80 Å². The van der Waals surface area contributed by atoms with Gasteiger partial charge in [0.2, 0.25) is 5.91 Å². The molecule has 6 heteroatoms. The molecule has 1 saturated heterocycles. The first-order chi connectivity index (χ1) is 12.6. The van der Waals surface area contributed by atoms with Crippen LogP contribution in [0.15, 0.2) is 18.2 Å². The highest BCUT2D eigenvalue weighted by atomic mass is 35.5. The van der Waals surface area contributed by atoms with Gasteiger partial charge in [-0.25, -0.2) is 0 Å². The molecule has 4 rings (SSSR count). The molecule has 0 spiro atoms. The molecule has 0 unspecified atom stereocenters. The number of fused-ring (bicyclic) bond motifs is 1. The van der Waals surface area contributed by atoms with Gasteiger partial charge in [0, 0.05) is 48.7 Å². The number of benzene rings is 1. The van der Waals surface area contributed by atoms with Gasteiger partial charge in [-0.2, -0.15) is 0 Å². The number of nitrogens with zero attached hydrogens (tertiary/aromatic N) is 2. The van der Waals surface area contributed by atoms with Crippen LogP contribution in [0, 0.1) is 5.92 Å². The molecule has 2 aliphatic heterocycles. The zero-order valence-corrected chi connectivity index (χ0v) is 16.0. The van der Waals surface area contributed by atoms with E-state index in [0.717, 1.165) is 36.6 Å². The molecule has 1 saturated carbocycles. The quantitative estimate of drug-likeness (QED) is 0.857. The van der Waals surface area contributed by atoms with Crippen LogP contribution < -0.4 is 10.5 Å². The van der Waals surface area contributed by atoms with Gasteiger partial charge in [-0.05, 0) is 49.8 Å². The largest absolute Gasteiger partial charge is 0.491 e. The van der Waals surface area contributed by atoms with Crippen molar-refractivity contribution in [3.63, 3.8) is 0 Å². The van der Waals surface area contributed by atoms with E-state index in [1.165, 1.54) is 12.8 Å². The van der Waals surface area contributed by atoms with E-state index in [2.05, 4.69) is 4.90 Å². The normalized spacial score (nSPS) is 26.3. The SMILES string of the molecule is NC[C@H]1CC[C@@H](CC(=O)N2CCOc3ccc(Cl)cc3C2)N1CC1CC1. The van der Waals surface area contributed by atoms with Gasteiger partial charge in [-0.1, -0.05) is 11.6 Å². The van der Waals surface area contributed by atoms with Crippen LogP contribution in [0.25, 0.3) is 0 Å². The summed E-state index contributed by atoms with van der Waals surface area (Å²) in [5.74, 6) is 1.87. The molecule has 0 aromatic heterocycles. The van der Waals surface area contributed by atoms with E-state index in [1.54, 1.807) is 0 Å². The highest BCUT2D eigenvalue weighted by molar-refractivity contribution is 6.30. The van der Waals surface area contributed by atoms with Crippen molar-refractivity contribution in [2.45, 2.75) is 50.7 Å². The first-order valence-electron chi connectivity index (χ1n) is 9.79. The lowest BCUT2D eigenvalue weighted by Gasteiger charge is -2.31. The molecule has 26 heavy (non-hydrogen) atoms. The Bertz CT molecular complexity index is 664. The lowest BCUT2D eigenvalue weighted by Crippen LogP contribution is -2.44. The fraction of sp³-hybridized carbons (Fsp3) is 0.650. The van der Waals surface area contributed by atoms with Crippen molar-refractivity contribution >= 4 is 17.5 Å². The Morgan fingerprint density at radius 1 is 1.23 bits per heavy atom. The molecule has 0 radical (unpaired) electrons. The van der Waals surface area contributed by atoms with Crippen molar-refractivity contribution in [2.75, 3.05) is 26.2 Å². The topological polar surface area (TPSA) is 58.8 Å². The Labute approximate surface area is 160 Å². The first-order valence-corrected chi connectivity index (χ1v) is 10.2. The third-order valence-electron chi connectivity index (χ3n) is 5.97. The lowest BCUT2D eigenvalue weighted by atomic mass is 10.1. The third-order valence-corrected chi connectivity index (χ3v) is 6.21. The minimum atomic E-state index is 0.213. The van der Waals surface area contributed by atoms with Gasteiger partial charge < -0.3 is 15.4 Å². The number of rotatable bonds is 5. The third kappa shape index (κ3) is 4.00. The highest BCUT2D eigenvalue weighted by Gasteiger charge is 2.38. The molecule has 2 heterocycles. The molecule has 1 aliphatic carbocycles. The van der Waals surface area contributed by atoms with E-state index in [0.29, 0.717) is 49.8 Å². The number of nitrogens with two attached hydrogens (primary N) is 1. The summed E-state index contributed by atoms with van der Waals surface area (Å²) in [5, 5.41) is 0.679. The van der Waals surface area contributed by atoms with Gasteiger partial charge in [-0.15, -0.1) is 0 Å². The van der Waals surface area contributed by atoms with Crippen LogP contribution in [0.1, 0.15) is 37.7 Å². The lowest BCUT2D eigenvalue weighted by molar-refractivity contribution is -0.133. The van der Waals surface area contributed by atoms with Crippen LogP contribution in [0.2, 0.25) is 5.02 Å². The molecule has 1 aromatic carbocycles. The fourth-order valence-corrected chi connectivity index (χ4v) is 4.48. The van der Waals surface area contributed by atoms with Crippen LogP contribution >= 0.6 is 11.6 Å². The van der Waals surface area contributed by atoms with Crippen molar-refractivity contribution in [3.05, 3.63) is 28.8 Å². The Hall–Kier alpha value is -1.30. The number of likely N-dealkylation sites (tertiary alicyclic amines) is 1. The van der Waals surface area contributed by atoms with Crippen molar-refractivity contribution in [3.8, 4) is 5.75 Å². The molecule has 3 aliphatic rings. The summed E-state index contributed by atoms with van der Waals surface area (Å²) in [5.41, 5.74) is 6.97. The molecular weight excluding hydrogens is 350 g/mol. The maximum Gasteiger partial charge on any atom is 0.224 e. The predicted molar refractivity (Wildman–Crippen MR) is 102 cm³/mol. The zero-order chi connectivity index (χ0) is 18.1. The summed E-state index contributed by atoms with van der Waals surface area (Å²) in [6, 6.07) is 6.41. The van der Waals surface area contributed by atoms with E-state index < -0.39 is 0 Å². The number of carbonyl (C=O) groups is 1. The molecule has 1 aromatic rings. The highest BCUT2D eigenvalue weighted by Crippen LogP contribution is 2.35. The van der Waals surface area contributed by atoms with E-state index in [1.807, 2.05) is 23.1 Å². The average Bonchev–Trinajstić information content (AvgIpc) is 3.40. The summed E-state index contributed by atoms with van der Waals surface area (Å²) in [7, 11) is 0. The summed E-state index contributed by atoms with van der Waals surface area (Å²) in [6.45, 7) is 3.54. The van der Waals surface area contributed by atoms with Crippen molar-refractivity contribution in [1.29, 1.82) is 0 Å². The Morgan fingerprint density at radius 2 is 2.04 bits per heavy atom. The Balaban J connectivity index is 1.42. The van der Waals surface area contributed by atoms with Crippen molar-refractivity contribution < 1.29 is 9.53 Å². The van der Waals surface area contributed by atoms with E-state index in [-0.39, 0.29) is 5.91 Å². The summed E-state index contributed by atoms with van der Waals surface area (Å²) in [4.78, 5) is 17.5. The number of hydrogen-bond acceptors (Lipinski definition) is 4. The molecule has 142 valence electrons. The summed E-state index contributed by atoms with van der Waals surface area (Å²) in [6.07, 6.45) is 5.43. The second-order valence-electron chi connectivity index (χ2n) is 7.88. The van der Waals surface area contributed by atoms with Crippen LogP contribution in [0.3, 0.4) is 0 Å². The van der Waals surface area contributed by atoms with Crippen LogP contribution in [-0.2, 0) is 11.3 Å². The standard InChI is InChI=1S/C20H28ClN3O2/c21-16-3-6-19-15(9-16)13-23(7-8-26-19)20(25)10-17-4-5-18(11-22)24(17)12-14-1-2-14/h3,6,9,14,17-18H,1-2,4-5,7-8,10-13,22H2/t17-,18+/m0/s1. The minimum absolute atomic E-state index is 0.213. The number of amides is 1. The monoisotopic (exact) mass is 377 g/mol. The fourth-order valence-electron chi connectivity index (χ4n) is 4.29. The van der Waals surface area contributed by atoms with Crippen LogP contribution in [0.4, 0.5) is 0 Å². The maximum atomic E-state index is 13.0. The van der Waals surface area contributed by atoms with Gasteiger partial charge >= 0.3 is 0 Å². The first kappa shape index (κ1) is 18.1. The van der Waals surface area contributed by atoms with Crippen LogP contribution in [-0.4, -0.2) is 54.0 Å². The van der Waals surface area contributed by atoms with Crippen LogP contribution in [0.5, 0.6) is 5.75 Å². The van der Waals surface area contributed by atoms with E-state index >= 15 is 0 Å². The maximum absolute atomic E-state index is 13.0. The second-order valence-corrected chi connectivity index (χ2v) is 8.32. The molecule has 2 N–H and O–H groups in total. The van der Waals surface area contributed by atoms with Gasteiger partial charge in [0.1, 0.15) is 12.4 Å². The molecule has 2 fully saturated rings. The van der Waals surface area contributed by atoms with E-state index in [9.17, 15) is 4.79 Å². The number of ether oxygens (including phenoxy) is 1. The Kier molecular flexibility index (Phi) is 5.39. The number of halogens is 1. The van der Waals surface area contributed by atoms with Gasteiger partial charge in [0.25, 0.3) is 0 Å². The minimum Gasteiger partial charge on any atom is -0.491 e. The zero-order valence-electron chi connectivity index (χ0n) is 15.2. The molecule has 0 bridgehead atoms. The average molecular weight is 378 g/mol. The van der Waals surface area contributed by atoms with Crippen molar-refractivity contribution in [2.24, 2.45) is 11.7 Å². The predicted octanol–water partition coefficient (Wildman–Crippen LogP) is 2.65. The molecule has 2 atom stereocenters. The van der Waals surface area contributed by atoms with E-state index in [4.69, 9.17) is 22.1 Å². The van der Waals surface area contributed by atoms with Gasteiger partial charge in [0.15, 0.2) is 0 Å². The Morgan fingerprint density at radius 3 is 2.81 bits per heavy atom. The summed E-state index contributed by atoms with van der Waals surface area (Å²) >= 11 is 6.12. The molecule has 1 amide bonds. The molecule has 5 nitrogen and oxygen atoms in total. The van der Waals surface area contributed by atoms with Gasteiger partial charge in [-0.3, -0.25) is 9.69 Å². The smallest absolute Gasteiger partial charge is 0.224 e. The number of hydrogen-bond donors (Lipinski definition) is 1.